The minimum Gasteiger partial charge on any atom is -0.508 e. The molecule has 0 fully saturated rings. The topological polar surface area (TPSA) is 75.8 Å². The molecule has 1 aliphatic heterocycles. The predicted octanol–water partition coefficient (Wildman–Crippen LogP) is 1.98. The molecule has 0 spiro atoms. The fraction of sp³-hybridized carbons (Fsp3) is 0.333. The molecule has 1 aromatic carbocycles. The van der Waals surface area contributed by atoms with E-state index >= 15 is 0 Å². The Morgan fingerprint density at radius 1 is 1.48 bits per heavy atom. The van der Waals surface area contributed by atoms with Gasteiger partial charge in [0.1, 0.15) is 24.4 Å². The number of aromatic hydroxyl groups is 1. The summed E-state index contributed by atoms with van der Waals surface area (Å²) in [4.78, 5) is 18.3. The molecule has 21 heavy (non-hydrogen) atoms. The van der Waals surface area contributed by atoms with E-state index in [2.05, 4.69) is 4.98 Å². The van der Waals surface area contributed by atoms with Gasteiger partial charge in [0.15, 0.2) is 11.6 Å². The van der Waals surface area contributed by atoms with Gasteiger partial charge in [0.05, 0.1) is 6.54 Å². The lowest BCUT2D eigenvalue weighted by Gasteiger charge is -2.18. The first kappa shape index (κ1) is 13.5. The molecule has 2 heterocycles. The summed E-state index contributed by atoms with van der Waals surface area (Å²) in [6.45, 7) is 3.18. The van der Waals surface area contributed by atoms with E-state index in [1.807, 2.05) is 6.92 Å². The summed E-state index contributed by atoms with van der Waals surface area (Å²) >= 11 is 0. The van der Waals surface area contributed by atoms with Gasteiger partial charge in [-0.05, 0) is 12.1 Å². The molecule has 1 amide bonds. The summed E-state index contributed by atoms with van der Waals surface area (Å²) in [5.74, 6) is 1.13. The summed E-state index contributed by atoms with van der Waals surface area (Å²) in [6.07, 6.45) is 2.04. The number of benzene rings is 1. The largest absolute Gasteiger partial charge is 0.508 e. The predicted molar refractivity (Wildman–Crippen MR) is 74.2 cm³/mol. The highest BCUT2D eigenvalue weighted by atomic mass is 16.5. The summed E-state index contributed by atoms with van der Waals surface area (Å²) < 4.78 is 10.8. The number of hydrogen-bond acceptors (Lipinski definition) is 5. The van der Waals surface area contributed by atoms with Gasteiger partial charge in [0.25, 0.3) is 5.91 Å². The number of ether oxygens (including phenoxy) is 1. The zero-order valence-corrected chi connectivity index (χ0v) is 11.7. The number of aryl methyl sites for hydroxylation is 1. The fourth-order valence-corrected chi connectivity index (χ4v) is 2.27. The maximum Gasteiger partial charge on any atom is 0.276 e. The van der Waals surface area contributed by atoms with Gasteiger partial charge < -0.3 is 19.2 Å². The van der Waals surface area contributed by atoms with E-state index in [1.165, 1.54) is 6.26 Å². The number of carbonyl (C=O) groups is 1. The van der Waals surface area contributed by atoms with E-state index in [0.717, 1.165) is 5.56 Å². The van der Waals surface area contributed by atoms with E-state index in [9.17, 15) is 9.90 Å². The highest BCUT2D eigenvalue weighted by molar-refractivity contribution is 5.92. The molecular weight excluding hydrogens is 272 g/mol. The van der Waals surface area contributed by atoms with E-state index in [-0.39, 0.29) is 11.7 Å². The van der Waals surface area contributed by atoms with Crippen molar-refractivity contribution in [1.29, 1.82) is 0 Å². The van der Waals surface area contributed by atoms with Crippen LogP contribution < -0.4 is 4.74 Å². The minimum atomic E-state index is -0.178. The number of aromatic nitrogens is 1. The molecule has 1 aliphatic rings. The number of carbonyl (C=O) groups excluding carboxylic acids is 1. The van der Waals surface area contributed by atoms with Gasteiger partial charge in [-0.3, -0.25) is 4.79 Å². The Kier molecular flexibility index (Phi) is 3.51. The fourth-order valence-electron chi connectivity index (χ4n) is 2.27. The van der Waals surface area contributed by atoms with Crippen molar-refractivity contribution in [3.63, 3.8) is 0 Å². The third-order valence-electron chi connectivity index (χ3n) is 3.39. The second-order valence-corrected chi connectivity index (χ2v) is 4.85. The Morgan fingerprint density at radius 2 is 2.33 bits per heavy atom. The number of phenolic OH excluding ortho intramolecular Hbond substituents is 1. The number of amides is 1. The van der Waals surface area contributed by atoms with Gasteiger partial charge in [-0.15, -0.1) is 0 Å². The van der Waals surface area contributed by atoms with E-state index < -0.39 is 0 Å². The van der Waals surface area contributed by atoms with Crippen molar-refractivity contribution in [2.75, 3.05) is 13.2 Å². The van der Waals surface area contributed by atoms with Crippen LogP contribution in [0.3, 0.4) is 0 Å². The van der Waals surface area contributed by atoms with Gasteiger partial charge in [-0.2, -0.15) is 0 Å². The highest BCUT2D eigenvalue weighted by Gasteiger charge is 2.23. The number of hydrogen-bond donors (Lipinski definition) is 1. The lowest BCUT2D eigenvalue weighted by Crippen LogP contribution is -2.32. The number of nitrogens with zero attached hydrogens (tertiary/aromatic N) is 2. The molecule has 0 atom stereocenters. The molecule has 0 saturated heterocycles. The average molecular weight is 288 g/mol. The molecule has 1 aromatic heterocycles. The van der Waals surface area contributed by atoms with Gasteiger partial charge in [0.2, 0.25) is 0 Å². The molecule has 110 valence electrons. The van der Waals surface area contributed by atoms with E-state index in [1.54, 1.807) is 23.1 Å². The standard InChI is InChI=1S/C15H16N2O4/c1-2-14-16-12(9-21-14)15(19)17-5-6-20-13-7-11(18)4-3-10(13)8-17/h3-4,7,9,18H,2,5-6,8H2,1H3. The van der Waals surface area contributed by atoms with E-state index in [0.29, 0.717) is 43.5 Å². The summed E-state index contributed by atoms with van der Waals surface area (Å²) in [5.41, 5.74) is 1.17. The van der Waals surface area contributed by atoms with Crippen LogP contribution in [0.5, 0.6) is 11.5 Å². The van der Waals surface area contributed by atoms with Crippen LogP contribution in [0, 0.1) is 0 Å². The van der Waals surface area contributed by atoms with Gasteiger partial charge >= 0.3 is 0 Å². The molecule has 0 unspecified atom stereocenters. The van der Waals surface area contributed by atoms with Crippen molar-refractivity contribution in [2.24, 2.45) is 0 Å². The number of oxazole rings is 1. The number of rotatable bonds is 2. The molecule has 2 aromatic rings. The minimum absolute atomic E-state index is 0.151. The Bertz CT molecular complexity index is 665. The van der Waals surface area contributed by atoms with Crippen molar-refractivity contribution >= 4 is 5.91 Å². The lowest BCUT2D eigenvalue weighted by atomic mass is 10.2. The van der Waals surface area contributed by atoms with Crippen LogP contribution in [0.1, 0.15) is 28.9 Å². The van der Waals surface area contributed by atoms with Crippen LogP contribution in [-0.2, 0) is 13.0 Å². The zero-order valence-electron chi connectivity index (χ0n) is 11.7. The number of fused-ring (bicyclic) bond motifs is 1. The maximum atomic E-state index is 12.5. The maximum absolute atomic E-state index is 12.5. The Hall–Kier alpha value is -2.50. The van der Waals surface area contributed by atoms with Crippen molar-refractivity contribution in [3.8, 4) is 11.5 Å². The first-order valence-electron chi connectivity index (χ1n) is 6.85. The first-order chi connectivity index (χ1) is 10.2. The Morgan fingerprint density at radius 3 is 3.10 bits per heavy atom. The quantitative estimate of drug-likeness (QED) is 0.914. The van der Waals surface area contributed by atoms with Gasteiger partial charge in [0, 0.05) is 24.6 Å². The second-order valence-electron chi connectivity index (χ2n) is 4.85. The van der Waals surface area contributed by atoms with Crippen LogP contribution in [-0.4, -0.2) is 34.0 Å². The highest BCUT2D eigenvalue weighted by Crippen LogP contribution is 2.27. The molecule has 6 nitrogen and oxygen atoms in total. The Balaban J connectivity index is 1.82. The monoisotopic (exact) mass is 288 g/mol. The second kappa shape index (κ2) is 5.47. The van der Waals surface area contributed by atoms with Crippen LogP contribution in [0.25, 0.3) is 0 Å². The SMILES string of the molecule is CCc1nc(C(=O)N2CCOc3cc(O)ccc3C2)co1. The normalized spacial score (nSPS) is 14.2. The van der Waals surface area contributed by atoms with Crippen molar-refractivity contribution in [2.45, 2.75) is 19.9 Å². The number of phenols is 1. The molecule has 3 rings (SSSR count). The van der Waals surface area contributed by atoms with Gasteiger partial charge in [-0.1, -0.05) is 6.92 Å². The average Bonchev–Trinajstić information content (AvgIpc) is 2.87. The van der Waals surface area contributed by atoms with Crippen LogP contribution in [0.2, 0.25) is 0 Å². The van der Waals surface area contributed by atoms with Crippen LogP contribution >= 0.6 is 0 Å². The lowest BCUT2D eigenvalue weighted by molar-refractivity contribution is 0.0727. The zero-order chi connectivity index (χ0) is 14.8. The first-order valence-corrected chi connectivity index (χ1v) is 6.85. The smallest absolute Gasteiger partial charge is 0.276 e. The molecule has 0 saturated carbocycles. The third kappa shape index (κ3) is 2.69. The summed E-state index contributed by atoms with van der Waals surface area (Å²) in [5, 5.41) is 9.48. The van der Waals surface area contributed by atoms with Gasteiger partial charge in [-0.25, -0.2) is 4.98 Å². The van der Waals surface area contributed by atoms with E-state index in [4.69, 9.17) is 9.15 Å². The summed E-state index contributed by atoms with van der Waals surface area (Å²) in [6, 6.07) is 4.91. The summed E-state index contributed by atoms with van der Waals surface area (Å²) in [7, 11) is 0. The van der Waals surface area contributed by atoms with Crippen molar-refractivity contribution < 1.29 is 19.1 Å². The molecule has 6 heteroatoms. The van der Waals surface area contributed by atoms with Crippen molar-refractivity contribution in [3.05, 3.63) is 41.6 Å². The van der Waals surface area contributed by atoms with Crippen LogP contribution in [0.15, 0.2) is 28.9 Å². The Labute approximate surface area is 122 Å². The van der Waals surface area contributed by atoms with Crippen LogP contribution in [0.4, 0.5) is 0 Å². The molecule has 0 bridgehead atoms. The molecular formula is C15H16N2O4. The van der Waals surface area contributed by atoms with Crippen molar-refractivity contribution in [1.82, 2.24) is 9.88 Å². The molecule has 0 aliphatic carbocycles. The third-order valence-corrected chi connectivity index (χ3v) is 3.39. The molecule has 1 N–H and O–H groups in total. The molecule has 0 radical (unpaired) electrons.